The van der Waals surface area contributed by atoms with Gasteiger partial charge < -0.3 is 24.7 Å². The minimum absolute atomic E-state index is 0.0140. The lowest BCUT2D eigenvalue weighted by atomic mass is 9.83. The SMILES string of the molecule is CCOc1ccc(C2C(C#N)=C(N)Oc3cc(OC(=O)COc4cccc(C)c4)ccc32)cc1. The molecule has 0 amide bonds. The van der Waals surface area contributed by atoms with Crippen LogP contribution < -0.4 is 24.7 Å². The molecule has 3 aromatic carbocycles. The Morgan fingerprint density at radius 3 is 2.50 bits per heavy atom. The van der Waals surface area contributed by atoms with Gasteiger partial charge in [-0.25, -0.2) is 4.79 Å². The van der Waals surface area contributed by atoms with Gasteiger partial charge >= 0.3 is 5.97 Å². The molecular weight excluding hydrogens is 432 g/mol. The summed E-state index contributed by atoms with van der Waals surface area (Å²) in [5.41, 5.74) is 9.02. The van der Waals surface area contributed by atoms with E-state index in [4.69, 9.17) is 24.7 Å². The van der Waals surface area contributed by atoms with Crippen LogP contribution in [0.4, 0.5) is 0 Å². The van der Waals surface area contributed by atoms with E-state index >= 15 is 0 Å². The van der Waals surface area contributed by atoms with Crippen molar-refractivity contribution in [3.05, 3.63) is 94.9 Å². The van der Waals surface area contributed by atoms with Crippen LogP contribution in [0.5, 0.6) is 23.0 Å². The second kappa shape index (κ2) is 10.0. The predicted octanol–water partition coefficient (Wildman–Crippen LogP) is 4.60. The summed E-state index contributed by atoms with van der Waals surface area (Å²) in [5.74, 6) is 1.08. The van der Waals surface area contributed by atoms with Gasteiger partial charge in [-0.05, 0) is 55.3 Å². The lowest BCUT2D eigenvalue weighted by Gasteiger charge is -2.26. The van der Waals surface area contributed by atoms with Gasteiger partial charge in [-0.3, -0.25) is 0 Å². The second-order valence-electron chi connectivity index (χ2n) is 7.71. The molecule has 34 heavy (non-hydrogen) atoms. The van der Waals surface area contributed by atoms with E-state index in [0.717, 1.165) is 22.4 Å². The van der Waals surface area contributed by atoms with E-state index in [2.05, 4.69) is 6.07 Å². The molecule has 1 atom stereocenters. The maximum Gasteiger partial charge on any atom is 0.349 e. The molecule has 1 aliphatic heterocycles. The number of rotatable bonds is 7. The van der Waals surface area contributed by atoms with Crippen LogP contribution in [-0.4, -0.2) is 19.2 Å². The molecule has 0 fully saturated rings. The molecule has 1 aliphatic rings. The Hall–Kier alpha value is -4.44. The maximum atomic E-state index is 12.3. The third kappa shape index (κ3) is 4.97. The number of esters is 1. The van der Waals surface area contributed by atoms with Crippen molar-refractivity contribution in [2.75, 3.05) is 13.2 Å². The van der Waals surface area contributed by atoms with Crippen LogP contribution >= 0.6 is 0 Å². The molecule has 7 heteroatoms. The second-order valence-corrected chi connectivity index (χ2v) is 7.71. The van der Waals surface area contributed by atoms with Crippen molar-refractivity contribution in [3.8, 4) is 29.1 Å². The Bertz CT molecular complexity index is 1270. The first kappa shape index (κ1) is 22.7. The lowest BCUT2D eigenvalue weighted by molar-refractivity contribution is -0.136. The molecular formula is C27H24N2O5. The smallest absolute Gasteiger partial charge is 0.349 e. The molecule has 3 aromatic rings. The fourth-order valence-corrected chi connectivity index (χ4v) is 3.77. The molecule has 2 N–H and O–H groups in total. The van der Waals surface area contributed by atoms with E-state index in [1.807, 2.05) is 56.3 Å². The van der Waals surface area contributed by atoms with Gasteiger partial charge in [-0.15, -0.1) is 0 Å². The zero-order chi connectivity index (χ0) is 24.1. The number of hydrogen-bond acceptors (Lipinski definition) is 7. The van der Waals surface area contributed by atoms with Crippen LogP contribution in [0.2, 0.25) is 0 Å². The fraction of sp³-hybridized carbons (Fsp3) is 0.185. The summed E-state index contributed by atoms with van der Waals surface area (Å²) >= 11 is 0. The maximum absolute atomic E-state index is 12.3. The number of fused-ring (bicyclic) bond motifs is 1. The highest BCUT2D eigenvalue weighted by atomic mass is 16.6. The number of carbonyl (C=O) groups is 1. The summed E-state index contributed by atoms with van der Waals surface area (Å²) in [7, 11) is 0. The first-order valence-electron chi connectivity index (χ1n) is 10.8. The van der Waals surface area contributed by atoms with E-state index in [1.165, 1.54) is 0 Å². The molecule has 7 nitrogen and oxygen atoms in total. The number of allylic oxidation sites excluding steroid dienone is 1. The van der Waals surface area contributed by atoms with Gasteiger partial charge in [0.15, 0.2) is 6.61 Å². The van der Waals surface area contributed by atoms with Gasteiger partial charge in [0.25, 0.3) is 0 Å². The van der Waals surface area contributed by atoms with Gasteiger partial charge in [0.1, 0.15) is 34.6 Å². The van der Waals surface area contributed by atoms with Crippen LogP contribution in [0, 0.1) is 18.3 Å². The highest BCUT2D eigenvalue weighted by Crippen LogP contribution is 2.43. The molecule has 0 spiro atoms. The molecule has 1 heterocycles. The largest absolute Gasteiger partial charge is 0.494 e. The topological polar surface area (TPSA) is 104 Å². The quantitative estimate of drug-likeness (QED) is 0.409. The highest BCUT2D eigenvalue weighted by molar-refractivity contribution is 5.74. The molecule has 4 rings (SSSR count). The number of carbonyl (C=O) groups excluding carboxylic acids is 1. The molecule has 172 valence electrons. The van der Waals surface area contributed by atoms with Crippen molar-refractivity contribution in [2.24, 2.45) is 5.73 Å². The van der Waals surface area contributed by atoms with Crippen molar-refractivity contribution in [2.45, 2.75) is 19.8 Å². The Balaban J connectivity index is 1.53. The summed E-state index contributed by atoms with van der Waals surface area (Å²) in [5, 5.41) is 9.73. The number of nitrogens with two attached hydrogens (primary N) is 1. The van der Waals surface area contributed by atoms with Gasteiger partial charge in [0.2, 0.25) is 5.88 Å². The third-order valence-corrected chi connectivity index (χ3v) is 5.29. The minimum atomic E-state index is -0.554. The Labute approximate surface area is 197 Å². The van der Waals surface area contributed by atoms with Crippen molar-refractivity contribution < 1.29 is 23.7 Å². The van der Waals surface area contributed by atoms with E-state index in [9.17, 15) is 10.1 Å². The molecule has 1 unspecified atom stereocenters. The average Bonchev–Trinajstić information content (AvgIpc) is 2.83. The Morgan fingerprint density at radius 1 is 1.03 bits per heavy atom. The number of nitriles is 1. The fourth-order valence-electron chi connectivity index (χ4n) is 3.77. The summed E-state index contributed by atoms with van der Waals surface area (Å²) in [4.78, 5) is 12.3. The summed E-state index contributed by atoms with van der Waals surface area (Å²) < 4.78 is 22.1. The van der Waals surface area contributed by atoms with Crippen molar-refractivity contribution in [3.63, 3.8) is 0 Å². The predicted molar refractivity (Wildman–Crippen MR) is 126 cm³/mol. The monoisotopic (exact) mass is 456 g/mol. The van der Waals surface area contributed by atoms with Gasteiger partial charge in [0.05, 0.1) is 12.5 Å². The molecule has 0 radical (unpaired) electrons. The zero-order valence-electron chi connectivity index (χ0n) is 18.9. The number of ether oxygens (including phenoxy) is 4. The van der Waals surface area contributed by atoms with Gasteiger partial charge in [-0.1, -0.05) is 30.3 Å². The normalized spacial score (nSPS) is 14.4. The van der Waals surface area contributed by atoms with Crippen LogP contribution in [0.25, 0.3) is 0 Å². The molecule has 0 saturated carbocycles. The third-order valence-electron chi connectivity index (χ3n) is 5.29. The number of benzene rings is 3. The van der Waals surface area contributed by atoms with Crippen LogP contribution in [0.1, 0.15) is 29.5 Å². The number of hydrogen-bond donors (Lipinski definition) is 1. The van der Waals surface area contributed by atoms with Crippen LogP contribution in [0.15, 0.2) is 78.2 Å². The zero-order valence-corrected chi connectivity index (χ0v) is 18.9. The summed E-state index contributed by atoms with van der Waals surface area (Å²) in [6.45, 7) is 4.18. The van der Waals surface area contributed by atoms with Gasteiger partial charge in [0, 0.05) is 11.6 Å². The van der Waals surface area contributed by atoms with Crippen molar-refractivity contribution in [1.29, 1.82) is 5.26 Å². The first-order chi connectivity index (χ1) is 16.5. The standard InChI is InChI=1S/C27H24N2O5/c1-3-31-19-9-7-18(8-10-19)26-22-12-11-21(14-24(22)34-27(29)23(26)15-28)33-25(30)16-32-20-6-4-5-17(2)13-20/h4-14,26H,3,16,29H2,1-2H3. The lowest BCUT2D eigenvalue weighted by Crippen LogP contribution is -2.21. The van der Waals surface area contributed by atoms with E-state index in [1.54, 1.807) is 24.3 Å². The summed E-state index contributed by atoms with van der Waals surface area (Å²) in [6, 6.07) is 22.1. The van der Waals surface area contributed by atoms with Crippen LogP contribution in [0.3, 0.4) is 0 Å². The van der Waals surface area contributed by atoms with E-state index in [0.29, 0.717) is 23.7 Å². The number of aryl methyl sites for hydroxylation is 1. The summed E-state index contributed by atoms with van der Waals surface area (Å²) in [6.07, 6.45) is 0. The Morgan fingerprint density at radius 2 is 1.79 bits per heavy atom. The molecule has 0 aliphatic carbocycles. The molecule has 0 saturated heterocycles. The van der Waals surface area contributed by atoms with E-state index in [-0.39, 0.29) is 18.2 Å². The average molecular weight is 456 g/mol. The van der Waals surface area contributed by atoms with Gasteiger partial charge in [-0.2, -0.15) is 5.26 Å². The van der Waals surface area contributed by atoms with Crippen molar-refractivity contribution >= 4 is 5.97 Å². The minimum Gasteiger partial charge on any atom is -0.494 e. The first-order valence-corrected chi connectivity index (χ1v) is 10.8. The van der Waals surface area contributed by atoms with Crippen LogP contribution in [-0.2, 0) is 4.79 Å². The number of nitrogens with zero attached hydrogens (tertiary/aromatic N) is 1. The highest BCUT2D eigenvalue weighted by Gasteiger charge is 2.31. The molecule has 0 aromatic heterocycles. The van der Waals surface area contributed by atoms with Crippen molar-refractivity contribution in [1.82, 2.24) is 0 Å². The molecule has 0 bridgehead atoms. The van der Waals surface area contributed by atoms with E-state index < -0.39 is 11.9 Å². The Kier molecular flexibility index (Phi) is 6.69.